The van der Waals surface area contributed by atoms with E-state index in [0.717, 1.165) is 17.7 Å². The number of anilines is 1. The summed E-state index contributed by atoms with van der Waals surface area (Å²) >= 11 is 0. The summed E-state index contributed by atoms with van der Waals surface area (Å²) in [6, 6.07) is 0. The van der Waals surface area contributed by atoms with E-state index in [1.54, 1.807) is 14.1 Å². The summed E-state index contributed by atoms with van der Waals surface area (Å²) < 4.78 is 1.53. The second-order valence-electron chi connectivity index (χ2n) is 2.97. The first-order chi connectivity index (χ1) is 6.11. The molecule has 0 amide bonds. The van der Waals surface area contributed by atoms with Crippen molar-refractivity contribution in [1.29, 1.82) is 0 Å². The van der Waals surface area contributed by atoms with Crippen LogP contribution < -0.4 is 10.9 Å². The van der Waals surface area contributed by atoms with Crippen molar-refractivity contribution in [2.24, 2.45) is 7.05 Å². The smallest absolute Gasteiger partial charge is 0.258 e. The zero-order valence-corrected chi connectivity index (χ0v) is 12.0. The predicted molar refractivity (Wildman–Crippen MR) is 74.9 cm³/mol. The fourth-order valence-electron chi connectivity index (χ4n) is 1.39. The topological polar surface area (TPSA) is 110 Å². The van der Waals surface area contributed by atoms with Gasteiger partial charge in [-0.25, -0.2) is 4.98 Å². The number of aromatic nitrogens is 2. The van der Waals surface area contributed by atoms with E-state index in [1.807, 2.05) is 13.8 Å². The minimum atomic E-state index is 0. The summed E-state index contributed by atoms with van der Waals surface area (Å²) in [5.74, 6) is 0.611. The van der Waals surface area contributed by atoms with Crippen LogP contribution in [-0.2, 0) is 13.5 Å². The third kappa shape index (κ3) is 4.91. The second-order valence-corrected chi connectivity index (χ2v) is 2.97. The average molecular weight is 290 g/mol. The molecule has 1 rings (SSSR count). The van der Waals surface area contributed by atoms with Crippen LogP contribution in [0.3, 0.4) is 0 Å². The summed E-state index contributed by atoms with van der Waals surface area (Å²) in [6.07, 6.45) is 0.732. The molecule has 0 fully saturated rings. The lowest BCUT2D eigenvalue weighted by Crippen LogP contribution is -2.25. The summed E-state index contributed by atoms with van der Waals surface area (Å²) in [5.41, 5.74) is 1.65. The van der Waals surface area contributed by atoms with Crippen LogP contribution in [0.2, 0.25) is 0 Å². The zero-order valence-electron chi connectivity index (χ0n) is 10.3. The van der Waals surface area contributed by atoms with Gasteiger partial charge in [-0.1, -0.05) is 6.92 Å². The first-order valence-corrected chi connectivity index (χ1v) is 4.36. The van der Waals surface area contributed by atoms with Crippen LogP contribution in [-0.4, -0.2) is 27.6 Å². The molecule has 8 heteroatoms. The van der Waals surface area contributed by atoms with Crippen molar-refractivity contribution in [2.75, 3.05) is 12.4 Å². The molecule has 0 aliphatic rings. The van der Waals surface area contributed by atoms with Gasteiger partial charge in [-0.3, -0.25) is 9.36 Å². The van der Waals surface area contributed by atoms with Crippen LogP contribution in [0.1, 0.15) is 18.2 Å². The molecule has 0 aliphatic heterocycles. The van der Waals surface area contributed by atoms with Gasteiger partial charge in [0, 0.05) is 25.4 Å². The van der Waals surface area contributed by atoms with Crippen LogP contribution in [0, 0.1) is 6.92 Å². The fourth-order valence-corrected chi connectivity index (χ4v) is 1.39. The lowest BCUT2D eigenvalue weighted by Gasteiger charge is -2.09. The van der Waals surface area contributed by atoms with E-state index in [4.69, 9.17) is 0 Å². The maximum absolute atomic E-state index is 11.7. The maximum Gasteiger partial charge on any atom is 0.258 e. The Morgan fingerprint density at radius 2 is 1.76 bits per heavy atom. The minimum absolute atomic E-state index is 0. The van der Waals surface area contributed by atoms with Crippen molar-refractivity contribution in [1.82, 2.24) is 9.55 Å². The second kappa shape index (κ2) is 10.3. The molecule has 0 unspecified atom stereocenters. The van der Waals surface area contributed by atoms with Crippen LogP contribution in [0.4, 0.5) is 5.95 Å². The number of aryl methyl sites for hydroxylation is 1. The molecule has 1 heterocycles. The van der Waals surface area contributed by atoms with Gasteiger partial charge in [-0.05, 0) is 13.3 Å². The number of rotatable bonds is 2. The van der Waals surface area contributed by atoms with Gasteiger partial charge >= 0.3 is 0 Å². The SMILES string of the molecule is CCc1c(C)nc(NC)n(C)c1=O.Cl.Cl.O.O. The highest BCUT2D eigenvalue weighted by atomic mass is 35.5. The standard InChI is InChI=1S/C9H15N3O.2ClH.2H2O/c1-5-7-6(2)11-9(10-3)12(4)8(7)13;;;;/h5H2,1-4H3,(H,10,11);2*1H;2*1H2. The number of hydrogen-bond donors (Lipinski definition) is 1. The zero-order chi connectivity index (χ0) is 10.0. The van der Waals surface area contributed by atoms with Gasteiger partial charge in [-0.2, -0.15) is 0 Å². The molecule has 0 saturated heterocycles. The van der Waals surface area contributed by atoms with Gasteiger partial charge in [0.1, 0.15) is 0 Å². The molecule has 6 nitrogen and oxygen atoms in total. The quantitative estimate of drug-likeness (QED) is 0.820. The molecular formula is C9H21Cl2N3O3. The Bertz CT molecular complexity index is 382. The monoisotopic (exact) mass is 289 g/mol. The lowest BCUT2D eigenvalue weighted by atomic mass is 10.2. The molecule has 0 aromatic carbocycles. The molecular weight excluding hydrogens is 269 g/mol. The molecule has 0 aliphatic carbocycles. The summed E-state index contributed by atoms with van der Waals surface area (Å²) in [4.78, 5) is 16.0. The van der Waals surface area contributed by atoms with Crippen LogP contribution in [0.25, 0.3) is 0 Å². The van der Waals surface area contributed by atoms with Gasteiger partial charge in [0.05, 0.1) is 0 Å². The largest absolute Gasteiger partial charge is 0.412 e. The first kappa shape index (κ1) is 25.1. The number of nitrogens with one attached hydrogen (secondary N) is 1. The molecule has 0 saturated carbocycles. The van der Waals surface area contributed by atoms with Crippen molar-refractivity contribution in [3.63, 3.8) is 0 Å². The predicted octanol–water partition coefficient (Wildman–Crippen LogP) is -0.113. The maximum atomic E-state index is 11.7. The van der Waals surface area contributed by atoms with E-state index in [9.17, 15) is 4.79 Å². The molecule has 0 bridgehead atoms. The van der Waals surface area contributed by atoms with Crippen molar-refractivity contribution >= 4 is 30.8 Å². The van der Waals surface area contributed by atoms with Gasteiger partial charge < -0.3 is 16.3 Å². The van der Waals surface area contributed by atoms with E-state index in [1.165, 1.54) is 4.57 Å². The van der Waals surface area contributed by atoms with Crippen molar-refractivity contribution in [3.8, 4) is 0 Å². The minimum Gasteiger partial charge on any atom is -0.412 e. The Hall–Kier alpha value is -0.820. The highest BCUT2D eigenvalue weighted by Crippen LogP contribution is 2.04. The van der Waals surface area contributed by atoms with Crippen LogP contribution in [0.5, 0.6) is 0 Å². The van der Waals surface area contributed by atoms with Crippen molar-refractivity contribution in [3.05, 3.63) is 21.6 Å². The number of nitrogens with zero attached hydrogens (tertiary/aromatic N) is 2. The van der Waals surface area contributed by atoms with Gasteiger partial charge in [0.25, 0.3) is 5.56 Å². The van der Waals surface area contributed by atoms with Gasteiger partial charge in [0.15, 0.2) is 0 Å². The van der Waals surface area contributed by atoms with E-state index >= 15 is 0 Å². The number of halogens is 2. The van der Waals surface area contributed by atoms with Crippen molar-refractivity contribution < 1.29 is 11.0 Å². The summed E-state index contributed by atoms with van der Waals surface area (Å²) in [6.45, 7) is 3.82. The molecule has 104 valence electrons. The summed E-state index contributed by atoms with van der Waals surface area (Å²) in [7, 11) is 3.48. The van der Waals surface area contributed by atoms with E-state index in [0.29, 0.717) is 5.95 Å². The lowest BCUT2D eigenvalue weighted by molar-refractivity contribution is 0.795. The Morgan fingerprint density at radius 3 is 2.12 bits per heavy atom. The fraction of sp³-hybridized carbons (Fsp3) is 0.556. The average Bonchev–Trinajstić information content (AvgIpc) is 2.12. The number of hydrogen-bond acceptors (Lipinski definition) is 3. The molecule has 17 heavy (non-hydrogen) atoms. The van der Waals surface area contributed by atoms with Crippen LogP contribution in [0.15, 0.2) is 4.79 Å². The van der Waals surface area contributed by atoms with Gasteiger partial charge in [0.2, 0.25) is 5.95 Å². The molecule has 0 spiro atoms. The highest BCUT2D eigenvalue weighted by Gasteiger charge is 2.08. The molecule has 1 aromatic heterocycles. The Labute approximate surface area is 113 Å². The normalized spacial score (nSPS) is 7.76. The summed E-state index contributed by atoms with van der Waals surface area (Å²) in [5, 5.41) is 2.88. The Kier molecular flexibility index (Phi) is 15.3. The Balaban J connectivity index is -0.000000211. The molecule has 5 N–H and O–H groups in total. The van der Waals surface area contributed by atoms with E-state index in [-0.39, 0.29) is 41.3 Å². The Morgan fingerprint density at radius 1 is 1.29 bits per heavy atom. The van der Waals surface area contributed by atoms with Crippen molar-refractivity contribution in [2.45, 2.75) is 20.3 Å². The molecule has 0 atom stereocenters. The van der Waals surface area contributed by atoms with E-state index < -0.39 is 0 Å². The third-order valence-electron chi connectivity index (χ3n) is 2.17. The molecule has 0 radical (unpaired) electrons. The van der Waals surface area contributed by atoms with E-state index in [2.05, 4.69) is 10.3 Å². The first-order valence-electron chi connectivity index (χ1n) is 4.36. The third-order valence-corrected chi connectivity index (χ3v) is 2.17. The van der Waals surface area contributed by atoms with Gasteiger partial charge in [-0.15, -0.1) is 24.8 Å². The highest BCUT2D eigenvalue weighted by molar-refractivity contribution is 5.85. The van der Waals surface area contributed by atoms with Crippen LogP contribution >= 0.6 is 24.8 Å². The molecule has 1 aromatic rings.